The molecule has 0 unspecified atom stereocenters. The maximum Gasteiger partial charge on any atom is 0.433 e. The van der Waals surface area contributed by atoms with Crippen molar-refractivity contribution in [3.8, 4) is 17.2 Å². The van der Waals surface area contributed by atoms with Gasteiger partial charge in [0, 0.05) is 17.7 Å². The Morgan fingerprint density at radius 3 is 2.32 bits per heavy atom. The van der Waals surface area contributed by atoms with E-state index in [9.17, 15) is 23.3 Å². The number of pyridine rings is 1. The van der Waals surface area contributed by atoms with Gasteiger partial charge in [-0.25, -0.2) is 4.98 Å². The van der Waals surface area contributed by atoms with E-state index in [-0.39, 0.29) is 22.4 Å². The fraction of sp³-hybridized carbons (Fsp3) is 0.0769. The van der Waals surface area contributed by atoms with Gasteiger partial charge in [-0.3, -0.25) is 10.1 Å². The highest BCUT2D eigenvalue weighted by Gasteiger charge is 2.34. The summed E-state index contributed by atoms with van der Waals surface area (Å²) in [6.45, 7) is 0. The fourth-order valence-corrected chi connectivity index (χ4v) is 1.82. The molecule has 0 aliphatic carbocycles. The van der Waals surface area contributed by atoms with Crippen LogP contribution in [0.1, 0.15) is 11.3 Å². The molecule has 0 aliphatic rings. The maximum atomic E-state index is 12.8. The average molecular weight is 308 g/mol. The molecule has 2 aromatic rings. The molecule has 2 N–H and O–H groups in total. The summed E-state index contributed by atoms with van der Waals surface area (Å²) in [4.78, 5) is 13.1. The Morgan fingerprint density at radius 1 is 1.27 bits per heavy atom. The smallest absolute Gasteiger partial charge is 0.383 e. The zero-order chi connectivity index (χ0) is 16.5. The molecule has 1 heterocycles. The minimum Gasteiger partial charge on any atom is -0.383 e. The van der Waals surface area contributed by atoms with E-state index in [1.165, 1.54) is 12.1 Å². The summed E-state index contributed by atoms with van der Waals surface area (Å²) in [7, 11) is 0. The highest BCUT2D eigenvalue weighted by Crippen LogP contribution is 2.35. The molecule has 0 saturated carbocycles. The summed E-state index contributed by atoms with van der Waals surface area (Å²) < 4.78 is 38.3. The van der Waals surface area contributed by atoms with Gasteiger partial charge in [-0.1, -0.05) is 0 Å². The third kappa shape index (κ3) is 2.80. The Balaban J connectivity index is 2.65. The van der Waals surface area contributed by atoms with Crippen molar-refractivity contribution < 1.29 is 18.1 Å². The molecule has 0 bridgehead atoms. The lowest BCUT2D eigenvalue weighted by molar-refractivity contribution is -0.384. The van der Waals surface area contributed by atoms with E-state index in [4.69, 9.17) is 11.0 Å². The summed E-state index contributed by atoms with van der Waals surface area (Å²) in [5, 5.41) is 19.6. The van der Waals surface area contributed by atoms with Gasteiger partial charge in [0.2, 0.25) is 0 Å². The van der Waals surface area contributed by atoms with Gasteiger partial charge < -0.3 is 5.73 Å². The number of halogens is 3. The predicted molar refractivity (Wildman–Crippen MR) is 70.5 cm³/mol. The Bertz CT molecular complexity index is 780. The van der Waals surface area contributed by atoms with Gasteiger partial charge in [0.25, 0.3) is 5.69 Å². The van der Waals surface area contributed by atoms with Gasteiger partial charge in [-0.2, -0.15) is 18.4 Å². The molecule has 2 rings (SSSR count). The number of alkyl halides is 3. The molecule has 1 aromatic heterocycles. The van der Waals surface area contributed by atoms with E-state index in [0.29, 0.717) is 6.07 Å². The molecule has 9 heteroatoms. The van der Waals surface area contributed by atoms with Crippen LogP contribution in [0.2, 0.25) is 0 Å². The van der Waals surface area contributed by atoms with Crippen molar-refractivity contribution in [3.05, 3.63) is 51.7 Å². The molecule has 0 spiro atoms. The first-order valence-electron chi connectivity index (χ1n) is 5.76. The first kappa shape index (κ1) is 15.2. The Kier molecular flexibility index (Phi) is 3.69. The molecular formula is C13H7F3N4O2. The average Bonchev–Trinajstić information content (AvgIpc) is 2.45. The highest BCUT2D eigenvalue weighted by molar-refractivity contribution is 5.76. The zero-order valence-electron chi connectivity index (χ0n) is 10.8. The van der Waals surface area contributed by atoms with E-state index >= 15 is 0 Å². The van der Waals surface area contributed by atoms with Crippen LogP contribution in [0.4, 0.5) is 24.7 Å². The molecule has 0 radical (unpaired) electrons. The van der Waals surface area contributed by atoms with Crippen molar-refractivity contribution in [2.75, 3.05) is 5.73 Å². The van der Waals surface area contributed by atoms with Crippen LogP contribution in [0.25, 0.3) is 11.1 Å². The second-order valence-corrected chi connectivity index (χ2v) is 4.23. The Hall–Kier alpha value is -3.15. The number of nitriles is 1. The number of benzene rings is 1. The number of non-ortho nitro benzene ring substituents is 1. The number of rotatable bonds is 2. The number of nitrogens with zero attached hydrogens (tertiary/aromatic N) is 3. The third-order valence-electron chi connectivity index (χ3n) is 2.84. The summed E-state index contributed by atoms with van der Waals surface area (Å²) in [5.41, 5.74) is 3.83. The minimum atomic E-state index is -4.72. The number of hydrogen-bond donors (Lipinski definition) is 1. The lowest BCUT2D eigenvalue weighted by Gasteiger charge is -2.11. The molecule has 0 amide bonds. The lowest BCUT2D eigenvalue weighted by Crippen LogP contribution is -2.11. The van der Waals surface area contributed by atoms with E-state index < -0.39 is 22.6 Å². The second-order valence-electron chi connectivity index (χ2n) is 4.23. The Morgan fingerprint density at radius 2 is 1.86 bits per heavy atom. The monoisotopic (exact) mass is 308 g/mol. The number of nitrogens with two attached hydrogens (primary N) is 1. The van der Waals surface area contributed by atoms with Gasteiger partial charge in [-0.15, -0.1) is 0 Å². The van der Waals surface area contributed by atoms with Crippen molar-refractivity contribution in [2.24, 2.45) is 0 Å². The van der Waals surface area contributed by atoms with Crippen LogP contribution in [0, 0.1) is 21.4 Å². The lowest BCUT2D eigenvalue weighted by atomic mass is 10.00. The standard InChI is InChI=1S/C13H7F3N4O2/c14-13(15,16)11-5-9(10(6-17)12(18)19-11)7-1-3-8(4-2-7)20(21)22/h1-5H,(H2,18,19). The normalized spacial score (nSPS) is 11.0. The van der Waals surface area contributed by atoms with Crippen LogP contribution in [-0.2, 0) is 6.18 Å². The minimum absolute atomic E-state index is 0.0859. The summed E-state index contributed by atoms with van der Waals surface area (Å²) in [6.07, 6.45) is -4.72. The largest absolute Gasteiger partial charge is 0.433 e. The van der Waals surface area contributed by atoms with Gasteiger partial charge in [0.1, 0.15) is 23.1 Å². The summed E-state index contributed by atoms with van der Waals surface area (Å²) in [6, 6.07) is 7.12. The van der Waals surface area contributed by atoms with Crippen LogP contribution in [0.3, 0.4) is 0 Å². The summed E-state index contributed by atoms with van der Waals surface area (Å²) >= 11 is 0. The topological polar surface area (TPSA) is 106 Å². The molecule has 0 fully saturated rings. The molecule has 6 nitrogen and oxygen atoms in total. The molecule has 112 valence electrons. The molecule has 1 aromatic carbocycles. The number of anilines is 1. The number of aromatic nitrogens is 1. The van der Waals surface area contributed by atoms with Crippen LogP contribution in [0.5, 0.6) is 0 Å². The molecule has 0 atom stereocenters. The molecule has 0 saturated heterocycles. The van der Waals surface area contributed by atoms with Crippen molar-refractivity contribution in [3.63, 3.8) is 0 Å². The first-order valence-corrected chi connectivity index (χ1v) is 5.76. The van der Waals surface area contributed by atoms with Gasteiger partial charge in [-0.05, 0) is 23.8 Å². The number of nitro groups is 1. The van der Waals surface area contributed by atoms with Gasteiger partial charge >= 0.3 is 6.18 Å². The molecule has 0 aliphatic heterocycles. The van der Waals surface area contributed by atoms with Crippen LogP contribution < -0.4 is 5.73 Å². The van der Waals surface area contributed by atoms with Crippen molar-refractivity contribution in [1.82, 2.24) is 4.98 Å². The third-order valence-corrected chi connectivity index (χ3v) is 2.84. The quantitative estimate of drug-likeness (QED) is 0.677. The molecular weight excluding hydrogens is 301 g/mol. The van der Waals surface area contributed by atoms with Crippen molar-refractivity contribution >= 4 is 11.5 Å². The van der Waals surface area contributed by atoms with Gasteiger partial charge in [0.15, 0.2) is 0 Å². The van der Waals surface area contributed by atoms with E-state index in [1.54, 1.807) is 6.07 Å². The van der Waals surface area contributed by atoms with Crippen molar-refractivity contribution in [1.29, 1.82) is 5.26 Å². The number of nitro benzene ring substituents is 1. The van der Waals surface area contributed by atoms with Gasteiger partial charge in [0.05, 0.1) is 4.92 Å². The summed E-state index contributed by atoms with van der Waals surface area (Å²) in [5.74, 6) is -0.550. The van der Waals surface area contributed by atoms with E-state index in [0.717, 1.165) is 12.1 Å². The van der Waals surface area contributed by atoms with Crippen LogP contribution in [0.15, 0.2) is 30.3 Å². The van der Waals surface area contributed by atoms with E-state index in [1.807, 2.05) is 0 Å². The van der Waals surface area contributed by atoms with E-state index in [2.05, 4.69) is 4.98 Å². The first-order chi connectivity index (χ1) is 10.2. The molecule has 22 heavy (non-hydrogen) atoms. The maximum absolute atomic E-state index is 12.8. The Labute approximate surface area is 121 Å². The fourth-order valence-electron chi connectivity index (χ4n) is 1.82. The second kappa shape index (κ2) is 5.33. The highest BCUT2D eigenvalue weighted by atomic mass is 19.4. The zero-order valence-corrected chi connectivity index (χ0v) is 10.8. The predicted octanol–water partition coefficient (Wildman–Crippen LogP) is 3.13. The SMILES string of the molecule is N#Cc1c(-c2ccc([N+](=O)[O-])cc2)cc(C(F)(F)F)nc1N. The van der Waals surface area contributed by atoms with Crippen LogP contribution >= 0.6 is 0 Å². The number of nitrogen functional groups attached to an aromatic ring is 1. The number of hydrogen-bond acceptors (Lipinski definition) is 5. The van der Waals surface area contributed by atoms with Crippen molar-refractivity contribution in [2.45, 2.75) is 6.18 Å². The van der Waals surface area contributed by atoms with Crippen LogP contribution in [-0.4, -0.2) is 9.91 Å².